The summed E-state index contributed by atoms with van der Waals surface area (Å²) in [5.41, 5.74) is 0. The monoisotopic (exact) mass is 282 g/mol. The van der Waals surface area contributed by atoms with Crippen molar-refractivity contribution >= 4 is 15.2 Å². The van der Waals surface area contributed by atoms with Gasteiger partial charge in [-0.3, -0.25) is 0 Å². The molecule has 0 aliphatic rings. The van der Waals surface area contributed by atoms with E-state index in [1.165, 1.54) is 89.9 Å². The molecule has 0 spiro atoms. The van der Waals surface area contributed by atoms with Gasteiger partial charge in [0, 0.05) is 0 Å². The minimum Gasteiger partial charge on any atom is -1.00 e. The first-order valence-electron chi connectivity index (χ1n) is 9.23. The van der Waals surface area contributed by atoms with E-state index in [0.717, 1.165) is 15.2 Å². The van der Waals surface area contributed by atoms with Crippen LogP contribution in [0, 0.1) is 0 Å². The topological polar surface area (TPSA) is 0 Å². The normalized spacial score (nSPS) is 10.6. The minimum atomic E-state index is 0. The molecule has 0 nitrogen and oxygen atoms in total. The van der Waals surface area contributed by atoms with Crippen molar-refractivity contribution in [2.24, 2.45) is 0 Å². The molecule has 1 heteroatoms. The second-order valence-corrected chi connectivity index (χ2v) is 7.84. The Kier molecular flexibility index (Phi) is 19.1. The van der Waals surface area contributed by atoms with Crippen molar-refractivity contribution < 1.29 is 1.43 Å². The fourth-order valence-electron chi connectivity index (χ4n) is 2.64. The zero-order valence-electron chi connectivity index (χ0n) is 14.9. The summed E-state index contributed by atoms with van der Waals surface area (Å²) in [6, 6.07) is 0. The molecule has 0 amide bonds. The molecular weight excluding hydrogens is 243 g/mol. The van der Waals surface area contributed by atoms with Crippen LogP contribution < -0.4 is 0 Å². The first kappa shape index (κ1) is 19.5. The molecule has 19 heavy (non-hydrogen) atoms. The van der Waals surface area contributed by atoms with E-state index in [0.29, 0.717) is 0 Å². The van der Waals surface area contributed by atoms with Gasteiger partial charge in [0.05, 0.1) is 0 Å². The maximum absolute atomic E-state index is 2.30. The maximum atomic E-state index is 2.30. The molecule has 0 aromatic heterocycles. The fourth-order valence-corrected chi connectivity index (χ4v) is 4.08. The predicted molar refractivity (Wildman–Crippen MR) is 92.5 cm³/mol. The van der Waals surface area contributed by atoms with Crippen LogP contribution in [0.25, 0.3) is 0 Å². The molecule has 0 saturated carbocycles. The quantitative estimate of drug-likeness (QED) is 0.208. The van der Waals surface area contributed by atoms with Gasteiger partial charge in [0.2, 0.25) is 0 Å². The summed E-state index contributed by atoms with van der Waals surface area (Å²) < 4.78 is 0. The van der Waals surface area contributed by atoms with Gasteiger partial charge in [-0.15, -0.1) is 0 Å². The summed E-state index contributed by atoms with van der Waals surface area (Å²) in [4.78, 5) is 0. The van der Waals surface area contributed by atoms with E-state index in [9.17, 15) is 0 Å². The van der Waals surface area contributed by atoms with E-state index in [-0.39, 0.29) is 1.43 Å². The Morgan fingerprint density at radius 2 is 0.789 bits per heavy atom. The van der Waals surface area contributed by atoms with E-state index in [2.05, 4.69) is 13.8 Å². The molecule has 0 atom stereocenters. The standard InChI is InChI=1S/2C9H19.Al.H/c2*1-3-5-7-9-8-6-4-2;;/h2*1,3-9H2,2H3;;/q;;+1;-1. The molecule has 114 valence electrons. The van der Waals surface area contributed by atoms with Crippen LogP contribution in [0.3, 0.4) is 0 Å². The van der Waals surface area contributed by atoms with Gasteiger partial charge in [0.1, 0.15) is 0 Å². The van der Waals surface area contributed by atoms with Crippen LogP contribution in [0.5, 0.6) is 0 Å². The Bertz CT molecular complexity index is 134. The predicted octanol–water partition coefficient (Wildman–Crippen LogP) is 7.14. The van der Waals surface area contributed by atoms with Gasteiger partial charge in [0.15, 0.2) is 0 Å². The Morgan fingerprint density at radius 1 is 0.474 bits per heavy atom. The van der Waals surface area contributed by atoms with Crippen LogP contribution in [-0.2, 0) is 0 Å². The Morgan fingerprint density at radius 3 is 1.16 bits per heavy atom. The van der Waals surface area contributed by atoms with Crippen LogP contribution in [0.15, 0.2) is 0 Å². The third-order valence-corrected chi connectivity index (χ3v) is 5.66. The SMILES string of the molecule is CCCCCCCC[CH2][Al+][CH2]CCCCCCCC.[H-]. The van der Waals surface area contributed by atoms with Crippen LogP contribution in [0.4, 0.5) is 0 Å². The molecule has 0 aliphatic carbocycles. The van der Waals surface area contributed by atoms with Crippen molar-refractivity contribution in [3.05, 3.63) is 0 Å². The van der Waals surface area contributed by atoms with Gasteiger partial charge < -0.3 is 1.43 Å². The maximum Gasteiger partial charge on any atom is -1.00 e. The third kappa shape index (κ3) is 18.5. The van der Waals surface area contributed by atoms with E-state index >= 15 is 0 Å². The molecule has 0 radical (unpaired) electrons. The Hall–Kier alpha value is 0.532. The molecule has 0 aliphatic heterocycles. The largest absolute Gasteiger partial charge is 1.00 e. The molecule has 0 bridgehead atoms. The van der Waals surface area contributed by atoms with E-state index in [1.807, 2.05) is 0 Å². The van der Waals surface area contributed by atoms with Crippen molar-refractivity contribution in [2.75, 3.05) is 0 Å². The van der Waals surface area contributed by atoms with E-state index in [4.69, 9.17) is 0 Å². The Labute approximate surface area is 131 Å². The zero-order chi connectivity index (χ0) is 14.0. The number of unbranched alkanes of at least 4 members (excludes halogenated alkanes) is 12. The first-order chi connectivity index (χ1) is 9.41. The van der Waals surface area contributed by atoms with Crippen LogP contribution in [0.1, 0.15) is 105 Å². The van der Waals surface area contributed by atoms with Crippen molar-refractivity contribution in [2.45, 2.75) is 114 Å². The van der Waals surface area contributed by atoms with Crippen molar-refractivity contribution in [1.82, 2.24) is 0 Å². The van der Waals surface area contributed by atoms with Gasteiger partial charge >= 0.3 is 130 Å². The van der Waals surface area contributed by atoms with Crippen LogP contribution in [-0.4, -0.2) is 15.2 Å². The molecule has 0 aromatic rings. The zero-order valence-corrected chi connectivity index (χ0v) is 15.0. The van der Waals surface area contributed by atoms with Gasteiger partial charge in [0.25, 0.3) is 0 Å². The van der Waals surface area contributed by atoms with Gasteiger partial charge in [-0.1, -0.05) is 0 Å². The van der Waals surface area contributed by atoms with Gasteiger partial charge in [-0.05, 0) is 0 Å². The van der Waals surface area contributed by atoms with E-state index < -0.39 is 0 Å². The van der Waals surface area contributed by atoms with Gasteiger partial charge in [-0.2, -0.15) is 0 Å². The summed E-state index contributed by atoms with van der Waals surface area (Å²) in [6.45, 7) is 4.60. The third-order valence-electron chi connectivity index (χ3n) is 4.02. The molecule has 0 fully saturated rings. The molecule has 0 saturated heterocycles. The summed E-state index contributed by atoms with van der Waals surface area (Å²) in [7, 11) is 0. The molecule has 0 rings (SSSR count). The molecular formula is C18H39Al. The van der Waals surface area contributed by atoms with Gasteiger partial charge in [-0.25, -0.2) is 0 Å². The van der Waals surface area contributed by atoms with Crippen molar-refractivity contribution in [3.8, 4) is 0 Å². The average Bonchev–Trinajstić information content (AvgIpc) is 2.43. The number of rotatable bonds is 16. The summed E-state index contributed by atoms with van der Waals surface area (Å²) in [5.74, 6) is 0. The van der Waals surface area contributed by atoms with Crippen molar-refractivity contribution in [3.63, 3.8) is 0 Å². The number of hydrogen-bond acceptors (Lipinski definition) is 0. The van der Waals surface area contributed by atoms with Crippen molar-refractivity contribution in [1.29, 1.82) is 0 Å². The summed E-state index contributed by atoms with van der Waals surface area (Å²) in [5, 5.41) is 3.15. The second kappa shape index (κ2) is 18.5. The first-order valence-corrected chi connectivity index (χ1v) is 10.9. The van der Waals surface area contributed by atoms with Crippen LogP contribution in [0.2, 0.25) is 10.6 Å². The Balaban J connectivity index is 0. The fraction of sp³-hybridized carbons (Fsp3) is 1.00. The minimum absolute atomic E-state index is 0. The molecule has 0 aromatic carbocycles. The van der Waals surface area contributed by atoms with E-state index in [1.54, 1.807) is 10.6 Å². The van der Waals surface area contributed by atoms with Crippen LogP contribution >= 0.6 is 0 Å². The summed E-state index contributed by atoms with van der Waals surface area (Å²) >= 11 is 0.790. The summed E-state index contributed by atoms with van der Waals surface area (Å²) in [6.07, 6.45) is 20.6. The average molecular weight is 282 g/mol. The molecule has 0 unspecified atom stereocenters. The number of hydrogen-bond donors (Lipinski definition) is 0. The molecule has 0 heterocycles. The molecule has 0 N–H and O–H groups in total. The second-order valence-electron chi connectivity index (χ2n) is 6.11. The smallest absolute Gasteiger partial charge is 1.00 e.